The summed E-state index contributed by atoms with van der Waals surface area (Å²) in [6.45, 7) is 2.67. The topological polar surface area (TPSA) is 59.5 Å². The number of pyridine rings is 1. The van der Waals surface area contributed by atoms with Gasteiger partial charge < -0.3 is 4.74 Å². The molecule has 1 saturated carbocycles. The maximum Gasteiger partial charge on any atom is 0.416 e. The minimum absolute atomic E-state index is 0.0784. The molecule has 0 radical (unpaired) electrons. The maximum atomic E-state index is 12.6. The zero-order valence-corrected chi connectivity index (χ0v) is 15.1. The summed E-state index contributed by atoms with van der Waals surface area (Å²) in [5.41, 5.74) is 2.42. The third kappa shape index (κ3) is 3.06. The molecule has 0 bridgehead atoms. The van der Waals surface area contributed by atoms with Crippen LogP contribution < -0.4 is 0 Å². The van der Waals surface area contributed by atoms with Gasteiger partial charge in [0.2, 0.25) is 5.91 Å². The molecule has 0 N–H and O–H groups in total. The van der Waals surface area contributed by atoms with Gasteiger partial charge in [0.1, 0.15) is 6.61 Å². The highest BCUT2D eigenvalue weighted by molar-refractivity contribution is 5.94. The number of benzene rings is 1. The molecular formula is C21H24N2O3. The standard InChI is InChI=1S/C21H24N2O3/c1-14(20(24)23-12-13-26-21(23)25)15-6-8-16(9-7-15)17-10-11-22-19-5-3-2-4-18(17)19/h2-5,10-11,14-16H,6-9,12-13H2,1H3. The lowest BCUT2D eigenvalue weighted by atomic mass is 9.73. The number of hydrogen-bond donors (Lipinski definition) is 0. The first-order valence-electron chi connectivity index (χ1n) is 9.47. The summed E-state index contributed by atoms with van der Waals surface area (Å²) in [4.78, 5) is 30.0. The highest BCUT2D eigenvalue weighted by atomic mass is 16.6. The lowest BCUT2D eigenvalue weighted by molar-refractivity contribution is -0.133. The van der Waals surface area contributed by atoms with Crippen LogP contribution in [0.1, 0.15) is 44.1 Å². The Kier molecular flexibility index (Phi) is 4.62. The molecule has 26 heavy (non-hydrogen) atoms. The summed E-state index contributed by atoms with van der Waals surface area (Å²) in [6.07, 6.45) is 5.57. The van der Waals surface area contributed by atoms with Gasteiger partial charge in [0.05, 0.1) is 12.1 Å². The van der Waals surface area contributed by atoms with Crippen molar-refractivity contribution in [1.82, 2.24) is 9.88 Å². The van der Waals surface area contributed by atoms with Gasteiger partial charge in [-0.25, -0.2) is 9.69 Å². The molecule has 1 unspecified atom stereocenters. The van der Waals surface area contributed by atoms with E-state index < -0.39 is 6.09 Å². The van der Waals surface area contributed by atoms with Crippen molar-refractivity contribution < 1.29 is 14.3 Å². The number of ether oxygens (including phenoxy) is 1. The number of imide groups is 1. The first-order chi connectivity index (χ1) is 12.6. The molecule has 0 spiro atoms. The Morgan fingerprint density at radius 1 is 1.19 bits per heavy atom. The van der Waals surface area contributed by atoms with Gasteiger partial charge in [0.25, 0.3) is 0 Å². The number of nitrogens with zero attached hydrogens (tertiary/aromatic N) is 2. The van der Waals surface area contributed by atoms with Gasteiger partial charge in [-0.1, -0.05) is 25.1 Å². The van der Waals surface area contributed by atoms with E-state index in [1.165, 1.54) is 15.8 Å². The van der Waals surface area contributed by atoms with Crippen LogP contribution >= 0.6 is 0 Å². The van der Waals surface area contributed by atoms with E-state index in [2.05, 4.69) is 29.2 Å². The summed E-state index contributed by atoms with van der Waals surface area (Å²) in [6, 6.07) is 10.4. The second-order valence-corrected chi connectivity index (χ2v) is 7.42. The molecule has 1 aliphatic carbocycles. The molecular weight excluding hydrogens is 328 g/mol. The number of carbonyl (C=O) groups excluding carboxylic acids is 2. The summed E-state index contributed by atoms with van der Waals surface area (Å²) < 4.78 is 4.90. The molecule has 1 atom stereocenters. The lowest BCUT2D eigenvalue weighted by Crippen LogP contribution is -2.39. The summed E-state index contributed by atoms with van der Waals surface area (Å²) in [5, 5.41) is 1.24. The molecule has 2 aromatic rings. The number of hydrogen-bond acceptors (Lipinski definition) is 4. The van der Waals surface area contributed by atoms with Crippen LogP contribution in [0.2, 0.25) is 0 Å². The predicted octanol–water partition coefficient (Wildman–Crippen LogP) is 4.12. The highest BCUT2D eigenvalue weighted by Crippen LogP contribution is 2.41. The molecule has 2 amide bonds. The second-order valence-electron chi connectivity index (χ2n) is 7.42. The van der Waals surface area contributed by atoms with Gasteiger partial charge in [-0.15, -0.1) is 0 Å². The van der Waals surface area contributed by atoms with Crippen molar-refractivity contribution in [2.75, 3.05) is 13.2 Å². The Bertz CT molecular complexity index is 822. The second kappa shape index (κ2) is 7.06. The Morgan fingerprint density at radius 3 is 2.69 bits per heavy atom. The number of para-hydroxylation sites is 1. The van der Waals surface area contributed by atoms with E-state index in [0.29, 0.717) is 25.0 Å². The van der Waals surface area contributed by atoms with Crippen molar-refractivity contribution in [2.45, 2.75) is 38.5 Å². The van der Waals surface area contributed by atoms with Crippen LogP contribution in [0.3, 0.4) is 0 Å². The minimum Gasteiger partial charge on any atom is -0.447 e. The average molecular weight is 352 g/mol. The normalized spacial score (nSPS) is 24.5. The number of cyclic esters (lactones) is 1. The van der Waals surface area contributed by atoms with Gasteiger partial charge in [-0.2, -0.15) is 0 Å². The van der Waals surface area contributed by atoms with Gasteiger partial charge in [0, 0.05) is 17.5 Å². The zero-order valence-electron chi connectivity index (χ0n) is 15.1. The summed E-state index contributed by atoms with van der Waals surface area (Å²) in [7, 11) is 0. The van der Waals surface area contributed by atoms with Crippen LogP contribution in [0, 0.1) is 11.8 Å². The van der Waals surface area contributed by atoms with Gasteiger partial charge in [-0.05, 0) is 55.2 Å². The van der Waals surface area contributed by atoms with E-state index >= 15 is 0 Å². The van der Waals surface area contributed by atoms with Crippen molar-refractivity contribution in [3.63, 3.8) is 0 Å². The molecule has 5 heteroatoms. The fourth-order valence-electron chi connectivity index (χ4n) is 4.45. The van der Waals surface area contributed by atoms with Crippen molar-refractivity contribution in [3.05, 3.63) is 42.1 Å². The molecule has 2 aliphatic rings. The Balaban J connectivity index is 1.44. The van der Waals surface area contributed by atoms with Gasteiger partial charge >= 0.3 is 6.09 Å². The third-order valence-electron chi connectivity index (χ3n) is 6.02. The lowest BCUT2D eigenvalue weighted by Gasteiger charge is -2.33. The van der Waals surface area contributed by atoms with Crippen LogP contribution in [0.5, 0.6) is 0 Å². The molecule has 1 aliphatic heterocycles. The predicted molar refractivity (Wildman–Crippen MR) is 98.7 cm³/mol. The number of fused-ring (bicyclic) bond motifs is 1. The molecule has 1 aromatic carbocycles. The number of amides is 2. The first kappa shape index (κ1) is 17.0. The molecule has 2 fully saturated rings. The quantitative estimate of drug-likeness (QED) is 0.833. The van der Waals surface area contributed by atoms with Crippen LogP contribution in [0.4, 0.5) is 4.79 Å². The average Bonchev–Trinajstić information content (AvgIpc) is 3.12. The van der Waals surface area contributed by atoms with E-state index in [9.17, 15) is 9.59 Å². The molecule has 1 saturated heterocycles. The number of carbonyl (C=O) groups is 2. The third-order valence-corrected chi connectivity index (χ3v) is 6.02. The Morgan fingerprint density at radius 2 is 1.96 bits per heavy atom. The molecule has 2 heterocycles. The van der Waals surface area contributed by atoms with Crippen molar-refractivity contribution >= 4 is 22.9 Å². The van der Waals surface area contributed by atoms with Gasteiger partial charge in [0.15, 0.2) is 0 Å². The minimum atomic E-state index is -0.487. The fourth-order valence-corrected chi connectivity index (χ4v) is 4.45. The van der Waals surface area contributed by atoms with Gasteiger partial charge in [-0.3, -0.25) is 9.78 Å². The Hall–Kier alpha value is -2.43. The summed E-state index contributed by atoms with van der Waals surface area (Å²) >= 11 is 0. The van der Waals surface area contributed by atoms with E-state index in [0.717, 1.165) is 31.2 Å². The SMILES string of the molecule is CC(C(=O)N1CCOC1=O)C1CCC(c2ccnc3ccccc23)CC1. The molecule has 5 nitrogen and oxygen atoms in total. The fraction of sp³-hybridized carbons (Fsp3) is 0.476. The number of aromatic nitrogens is 1. The van der Waals surface area contributed by atoms with Crippen LogP contribution in [0.25, 0.3) is 10.9 Å². The summed E-state index contributed by atoms with van der Waals surface area (Å²) in [5.74, 6) is 0.638. The van der Waals surface area contributed by atoms with Crippen LogP contribution in [0.15, 0.2) is 36.5 Å². The molecule has 1 aromatic heterocycles. The highest BCUT2D eigenvalue weighted by Gasteiger charge is 2.36. The van der Waals surface area contributed by atoms with Crippen LogP contribution in [-0.4, -0.2) is 35.0 Å². The monoisotopic (exact) mass is 352 g/mol. The zero-order chi connectivity index (χ0) is 18.1. The number of rotatable bonds is 3. The molecule has 4 rings (SSSR count). The van der Waals surface area contributed by atoms with E-state index in [-0.39, 0.29) is 11.8 Å². The first-order valence-corrected chi connectivity index (χ1v) is 9.47. The van der Waals surface area contributed by atoms with Crippen LogP contribution in [-0.2, 0) is 9.53 Å². The van der Waals surface area contributed by atoms with E-state index in [1.54, 1.807) is 0 Å². The Labute approximate surface area is 153 Å². The molecule has 136 valence electrons. The van der Waals surface area contributed by atoms with Crippen molar-refractivity contribution in [1.29, 1.82) is 0 Å². The van der Waals surface area contributed by atoms with E-state index in [1.807, 2.05) is 19.2 Å². The van der Waals surface area contributed by atoms with Crippen molar-refractivity contribution in [3.8, 4) is 0 Å². The van der Waals surface area contributed by atoms with E-state index in [4.69, 9.17) is 4.74 Å². The largest absolute Gasteiger partial charge is 0.447 e. The van der Waals surface area contributed by atoms with Crippen molar-refractivity contribution in [2.24, 2.45) is 11.8 Å². The smallest absolute Gasteiger partial charge is 0.416 e. The maximum absolute atomic E-state index is 12.6.